The Labute approximate surface area is 89.5 Å². The Hall–Kier alpha value is -1.23. The van der Waals surface area contributed by atoms with Crippen molar-refractivity contribution in [2.75, 3.05) is 30.3 Å². The van der Waals surface area contributed by atoms with Gasteiger partial charge in [0.15, 0.2) is 5.82 Å². The number of piperidine rings is 1. The predicted molar refractivity (Wildman–Crippen MR) is 59.6 cm³/mol. The molecule has 1 saturated heterocycles. The number of aromatic nitrogens is 2. The van der Waals surface area contributed by atoms with Crippen LogP contribution in [0, 0.1) is 5.92 Å². The molecule has 0 aliphatic carbocycles. The number of aryl methyl sites for hydroxylation is 1. The Morgan fingerprint density at radius 1 is 1.53 bits per heavy atom. The lowest BCUT2D eigenvalue weighted by molar-refractivity contribution is 0.203. The molecule has 2 rings (SSSR count). The summed E-state index contributed by atoms with van der Waals surface area (Å²) >= 11 is 0. The smallest absolute Gasteiger partial charge is 0.173 e. The number of rotatable bonds is 2. The number of nitrogens with zero attached hydrogens (tertiary/aromatic N) is 3. The van der Waals surface area contributed by atoms with Crippen LogP contribution in [0.1, 0.15) is 12.8 Å². The number of nitrogen functional groups attached to an aromatic ring is 1. The van der Waals surface area contributed by atoms with Crippen molar-refractivity contribution in [3.63, 3.8) is 0 Å². The van der Waals surface area contributed by atoms with Gasteiger partial charge in [-0.1, -0.05) is 0 Å². The van der Waals surface area contributed by atoms with Gasteiger partial charge in [0, 0.05) is 32.9 Å². The summed E-state index contributed by atoms with van der Waals surface area (Å²) in [6.07, 6.45) is 3.87. The molecule has 1 aliphatic heterocycles. The van der Waals surface area contributed by atoms with Gasteiger partial charge in [0.05, 0.1) is 5.69 Å². The lowest BCUT2D eigenvalue weighted by Gasteiger charge is -2.31. The zero-order chi connectivity index (χ0) is 10.8. The van der Waals surface area contributed by atoms with E-state index in [1.807, 2.05) is 13.2 Å². The number of aliphatic hydroxyl groups excluding tert-OH is 1. The molecule has 1 aromatic heterocycles. The van der Waals surface area contributed by atoms with Crippen LogP contribution in [0.5, 0.6) is 0 Å². The van der Waals surface area contributed by atoms with Crippen LogP contribution in [0.2, 0.25) is 0 Å². The molecule has 0 amide bonds. The predicted octanol–water partition coefficient (Wildman–Crippen LogP) is 0.211. The Balaban J connectivity index is 2.04. The third kappa shape index (κ3) is 2.07. The van der Waals surface area contributed by atoms with Gasteiger partial charge in [-0.2, -0.15) is 5.10 Å². The Morgan fingerprint density at radius 3 is 2.67 bits per heavy atom. The third-order valence-electron chi connectivity index (χ3n) is 3.01. The van der Waals surface area contributed by atoms with Gasteiger partial charge < -0.3 is 15.7 Å². The topological polar surface area (TPSA) is 67.3 Å². The Kier molecular flexibility index (Phi) is 2.81. The van der Waals surface area contributed by atoms with Crippen LogP contribution in [0.4, 0.5) is 11.5 Å². The first-order valence-electron chi connectivity index (χ1n) is 5.35. The summed E-state index contributed by atoms with van der Waals surface area (Å²) in [6.45, 7) is 2.17. The first-order chi connectivity index (χ1) is 7.20. The highest BCUT2D eigenvalue weighted by molar-refractivity contribution is 5.61. The molecule has 0 atom stereocenters. The summed E-state index contributed by atoms with van der Waals surface area (Å²) < 4.78 is 1.74. The zero-order valence-electron chi connectivity index (χ0n) is 9.06. The van der Waals surface area contributed by atoms with Gasteiger partial charge in [0.2, 0.25) is 0 Å². The SMILES string of the molecule is Cn1cc(N)c(N2CCC(CO)CC2)n1. The van der Waals surface area contributed by atoms with E-state index in [4.69, 9.17) is 10.8 Å². The second-order valence-electron chi connectivity index (χ2n) is 4.19. The van der Waals surface area contributed by atoms with E-state index in [1.165, 1.54) is 0 Å². The minimum atomic E-state index is 0.297. The molecule has 5 heteroatoms. The third-order valence-corrected chi connectivity index (χ3v) is 3.01. The maximum atomic E-state index is 9.04. The number of hydrogen-bond donors (Lipinski definition) is 2. The van der Waals surface area contributed by atoms with E-state index >= 15 is 0 Å². The molecule has 1 fully saturated rings. The fraction of sp³-hybridized carbons (Fsp3) is 0.700. The van der Waals surface area contributed by atoms with Crippen molar-refractivity contribution < 1.29 is 5.11 Å². The van der Waals surface area contributed by atoms with E-state index in [-0.39, 0.29) is 0 Å². The molecule has 1 aliphatic rings. The quantitative estimate of drug-likeness (QED) is 0.732. The molecule has 1 aromatic rings. The minimum absolute atomic E-state index is 0.297. The summed E-state index contributed by atoms with van der Waals surface area (Å²) in [7, 11) is 1.88. The minimum Gasteiger partial charge on any atom is -0.396 e. The van der Waals surface area contributed by atoms with Gasteiger partial charge in [-0.3, -0.25) is 4.68 Å². The fourth-order valence-corrected chi connectivity index (χ4v) is 2.07. The van der Waals surface area contributed by atoms with Crippen molar-refractivity contribution in [2.24, 2.45) is 13.0 Å². The van der Waals surface area contributed by atoms with E-state index in [2.05, 4.69) is 10.00 Å². The monoisotopic (exact) mass is 210 g/mol. The Morgan fingerprint density at radius 2 is 2.20 bits per heavy atom. The summed E-state index contributed by atoms with van der Waals surface area (Å²) in [5.74, 6) is 1.33. The molecule has 0 radical (unpaired) electrons. The molecule has 0 spiro atoms. The molecular formula is C10H18N4O. The molecule has 5 nitrogen and oxygen atoms in total. The fourth-order valence-electron chi connectivity index (χ4n) is 2.07. The average molecular weight is 210 g/mol. The van der Waals surface area contributed by atoms with Crippen molar-refractivity contribution in [1.29, 1.82) is 0 Å². The van der Waals surface area contributed by atoms with Crippen LogP contribution in [0.3, 0.4) is 0 Å². The highest BCUT2D eigenvalue weighted by Gasteiger charge is 2.21. The average Bonchev–Trinajstić information content (AvgIpc) is 2.58. The van der Waals surface area contributed by atoms with Gasteiger partial charge in [0.1, 0.15) is 0 Å². The van der Waals surface area contributed by atoms with E-state index in [1.54, 1.807) is 4.68 Å². The molecule has 15 heavy (non-hydrogen) atoms. The van der Waals surface area contributed by atoms with Crippen LogP contribution in [-0.4, -0.2) is 34.6 Å². The van der Waals surface area contributed by atoms with Crippen LogP contribution >= 0.6 is 0 Å². The van der Waals surface area contributed by atoms with Crippen molar-refractivity contribution in [3.05, 3.63) is 6.20 Å². The lowest BCUT2D eigenvalue weighted by atomic mass is 9.98. The summed E-state index contributed by atoms with van der Waals surface area (Å²) in [5, 5.41) is 13.4. The van der Waals surface area contributed by atoms with Gasteiger partial charge in [0.25, 0.3) is 0 Å². The molecule has 3 N–H and O–H groups in total. The van der Waals surface area contributed by atoms with Crippen molar-refractivity contribution in [2.45, 2.75) is 12.8 Å². The normalized spacial score (nSPS) is 18.4. The van der Waals surface area contributed by atoms with Gasteiger partial charge in [-0.15, -0.1) is 0 Å². The summed E-state index contributed by atoms with van der Waals surface area (Å²) in [5.41, 5.74) is 6.60. The number of aliphatic hydroxyl groups is 1. The summed E-state index contributed by atoms with van der Waals surface area (Å²) in [4.78, 5) is 2.20. The van der Waals surface area contributed by atoms with Crippen LogP contribution in [0.15, 0.2) is 6.20 Å². The largest absolute Gasteiger partial charge is 0.396 e. The molecule has 0 unspecified atom stereocenters. The number of hydrogen-bond acceptors (Lipinski definition) is 4. The second-order valence-corrected chi connectivity index (χ2v) is 4.19. The maximum Gasteiger partial charge on any atom is 0.173 e. The van der Waals surface area contributed by atoms with Gasteiger partial charge in [-0.05, 0) is 18.8 Å². The first-order valence-corrected chi connectivity index (χ1v) is 5.35. The zero-order valence-corrected chi connectivity index (χ0v) is 9.06. The maximum absolute atomic E-state index is 9.04. The van der Waals surface area contributed by atoms with Crippen LogP contribution in [0.25, 0.3) is 0 Å². The van der Waals surface area contributed by atoms with E-state index in [0.29, 0.717) is 12.5 Å². The van der Waals surface area contributed by atoms with Crippen molar-refractivity contribution in [1.82, 2.24) is 9.78 Å². The van der Waals surface area contributed by atoms with E-state index in [0.717, 1.165) is 37.4 Å². The summed E-state index contributed by atoms with van der Waals surface area (Å²) in [6, 6.07) is 0. The molecule has 0 bridgehead atoms. The molecule has 0 saturated carbocycles. The molecular weight excluding hydrogens is 192 g/mol. The van der Waals surface area contributed by atoms with Crippen LogP contribution in [-0.2, 0) is 7.05 Å². The number of anilines is 2. The van der Waals surface area contributed by atoms with Gasteiger partial charge >= 0.3 is 0 Å². The second kappa shape index (κ2) is 4.10. The Bertz CT molecular complexity index is 328. The highest BCUT2D eigenvalue weighted by atomic mass is 16.3. The molecule has 0 aromatic carbocycles. The van der Waals surface area contributed by atoms with Crippen molar-refractivity contribution in [3.8, 4) is 0 Å². The molecule has 2 heterocycles. The van der Waals surface area contributed by atoms with Crippen LogP contribution < -0.4 is 10.6 Å². The molecule has 84 valence electrons. The lowest BCUT2D eigenvalue weighted by Crippen LogP contribution is -2.35. The highest BCUT2D eigenvalue weighted by Crippen LogP contribution is 2.25. The standard InChI is InChI=1S/C10H18N4O/c1-13-6-9(11)10(12-13)14-4-2-8(7-15)3-5-14/h6,8,15H,2-5,7,11H2,1H3. The van der Waals surface area contributed by atoms with E-state index < -0.39 is 0 Å². The van der Waals surface area contributed by atoms with Gasteiger partial charge in [-0.25, -0.2) is 0 Å². The van der Waals surface area contributed by atoms with Crippen molar-refractivity contribution >= 4 is 11.5 Å². The first kappa shape index (κ1) is 10.3. The number of nitrogens with two attached hydrogens (primary N) is 1. The van der Waals surface area contributed by atoms with E-state index in [9.17, 15) is 0 Å².